The number of halogens is 1. The lowest BCUT2D eigenvalue weighted by Gasteiger charge is -2.10. The molecule has 1 N–H and O–H groups in total. The Labute approximate surface area is 188 Å². The number of ether oxygens (including phenoxy) is 2. The monoisotopic (exact) mass is 490 g/mol. The van der Waals surface area contributed by atoms with Crippen LogP contribution in [0, 0.1) is 6.92 Å². The summed E-state index contributed by atoms with van der Waals surface area (Å²) in [5.74, 6) is 2.33. The number of carbonyl (C=O) groups excluding carboxylic acids is 1. The maximum absolute atomic E-state index is 12.3. The fourth-order valence-electron chi connectivity index (χ4n) is 2.71. The van der Waals surface area contributed by atoms with Crippen LogP contribution in [0.25, 0.3) is 0 Å². The lowest BCUT2D eigenvalue weighted by atomic mass is 10.2. The molecular formula is C21H23BrN4O3S. The summed E-state index contributed by atoms with van der Waals surface area (Å²) < 4.78 is 13.8. The van der Waals surface area contributed by atoms with Gasteiger partial charge >= 0.3 is 0 Å². The zero-order chi connectivity index (χ0) is 21.5. The molecule has 1 aromatic heterocycles. The molecule has 3 rings (SSSR count). The van der Waals surface area contributed by atoms with Gasteiger partial charge in [0, 0.05) is 11.0 Å². The predicted octanol–water partition coefficient (Wildman–Crippen LogP) is 4.69. The van der Waals surface area contributed by atoms with Crippen molar-refractivity contribution in [2.24, 2.45) is 0 Å². The van der Waals surface area contributed by atoms with Crippen molar-refractivity contribution in [3.8, 4) is 11.5 Å². The maximum Gasteiger partial charge on any atom is 0.234 e. The molecular weight excluding hydrogens is 468 g/mol. The van der Waals surface area contributed by atoms with Crippen molar-refractivity contribution in [1.82, 2.24) is 14.8 Å². The minimum Gasteiger partial charge on any atom is -0.497 e. The Morgan fingerprint density at radius 3 is 2.57 bits per heavy atom. The van der Waals surface area contributed by atoms with Gasteiger partial charge in [0.1, 0.15) is 18.1 Å². The number of aromatic nitrogens is 3. The molecule has 158 valence electrons. The van der Waals surface area contributed by atoms with E-state index in [1.54, 1.807) is 7.11 Å². The van der Waals surface area contributed by atoms with Gasteiger partial charge < -0.3 is 19.4 Å². The molecule has 0 saturated carbocycles. The minimum atomic E-state index is -0.105. The van der Waals surface area contributed by atoms with Crippen LogP contribution < -0.4 is 14.8 Å². The second-order valence-electron chi connectivity index (χ2n) is 6.43. The van der Waals surface area contributed by atoms with Crippen molar-refractivity contribution in [1.29, 1.82) is 0 Å². The molecule has 0 unspecified atom stereocenters. The van der Waals surface area contributed by atoms with E-state index >= 15 is 0 Å². The maximum atomic E-state index is 12.3. The summed E-state index contributed by atoms with van der Waals surface area (Å²) in [6.45, 7) is 4.98. The van der Waals surface area contributed by atoms with Crippen LogP contribution in [-0.4, -0.2) is 33.5 Å². The summed E-state index contributed by atoms with van der Waals surface area (Å²) in [7, 11) is 1.62. The predicted molar refractivity (Wildman–Crippen MR) is 121 cm³/mol. The number of aryl methyl sites for hydroxylation is 1. The first-order valence-electron chi connectivity index (χ1n) is 9.38. The van der Waals surface area contributed by atoms with Gasteiger partial charge in [0.05, 0.1) is 18.6 Å². The van der Waals surface area contributed by atoms with Crippen LogP contribution in [0.4, 0.5) is 5.69 Å². The molecule has 1 amide bonds. The van der Waals surface area contributed by atoms with Gasteiger partial charge in [-0.1, -0.05) is 17.8 Å². The van der Waals surface area contributed by atoms with Crippen molar-refractivity contribution < 1.29 is 14.3 Å². The number of hydrogen-bond donors (Lipinski definition) is 1. The highest BCUT2D eigenvalue weighted by Crippen LogP contribution is 2.24. The molecule has 2 aromatic carbocycles. The first kappa shape index (κ1) is 22.2. The number of rotatable bonds is 9. The van der Waals surface area contributed by atoms with E-state index in [0.29, 0.717) is 17.5 Å². The van der Waals surface area contributed by atoms with Crippen LogP contribution >= 0.6 is 27.7 Å². The molecule has 0 spiro atoms. The Morgan fingerprint density at radius 1 is 1.17 bits per heavy atom. The number of anilines is 1. The standard InChI is InChI=1S/C21H23BrN4O3S/c1-4-26-19(12-29-16-8-6-15(28-3)7-9-16)24-25-21(26)30-13-20(27)23-18-10-5-14(2)11-17(18)22/h5-11H,4,12-13H2,1-3H3,(H,23,27). The van der Waals surface area contributed by atoms with E-state index < -0.39 is 0 Å². The molecule has 0 fully saturated rings. The van der Waals surface area contributed by atoms with E-state index in [2.05, 4.69) is 31.4 Å². The van der Waals surface area contributed by atoms with Crippen molar-refractivity contribution in [2.45, 2.75) is 32.2 Å². The number of nitrogens with zero attached hydrogens (tertiary/aromatic N) is 3. The average molecular weight is 491 g/mol. The molecule has 0 bridgehead atoms. The van der Waals surface area contributed by atoms with E-state index in [1.165, 1.54) is 11.8 Å². The Morgan fingerprint density at radius 2 is 1.90 bits per heavy atom. The fourth-order valence-corrected chi connectivity index (χ4v) is 4.12. The van der Waals surface area contributed by atoms with Crippen LogP contribution in [0.15, 0.2) is 52.1 Å². The Kier molecular flexibility index (Phi) is 7.75. The summed E-state index contributed by atoms with van der Waals surface area (Å²) in [4.78, 5) is 12.3. The number of methoxy groups -OCH3 is 1. The third-order valence-electron chi connectivity index (χ3n) is 4.27. The molecule has 9 heteroatoms. The van der Waals surface area contributed by atoms with Crippen LogP contribution in [0.2, 0.25) is 0 Å². The minimum absolute atomic E-state index is 0.105. The van der Waals surface area contributed by atoms with Crippen molar-refractivity contribution in [3.63, 3.8) is 0 Å². The first-order chi connectivity index (χ1) is 14.5. The zero-order valence-electron chi connectivity index (χ0n) is 17.0. The molecule has 0 aliphatic rings. The van der Waals surface area contributed by atoms with E-state index in [9.17, 15) is 4.79 Å². The van der Waals surface area contributed by atoms with Gasteiger partial charge in [0.15, 0.2) is 11.0 Å². The summed E-state index contributed by atoms with van der Waals surface area (Å²) in [5, 5.41) is 12.0. The van der Waals surface area contributed by atoms with E-state index in [4.69, 9.17) is 9.47 Å². The number of carbonyl (C=O) groups is 1. The second kappa shape index (κ2) is 10.5. The summed E-state index contributed by atoms with van der Waals surface area (Å²) in [5.41, 5.74) is 1.87. The zero-order valence-corrected chi connectivity index (χ0v) is 19.4. The molecule has 7 nitrogen and oxygen atoms in total. The number of hydrogen-bond acceptors (Lipinski definition) is 6. The number of thioether (sulfide) groups is 1. The number of amides is 1. The third-order valence-corrected chi connectivity index (χ3v) is 5.89. The average Bonchev–Trinajstić information content (AvgIpc) is 3.15. The smallest absolute Gasteiger partial charge is 0.234 e. The molecule has 30 heavy (non-hydrogen) atoms. The molecule has 0 radical (unpaired) electrons. The first-order valence-corrected chi connectivity index (χ1v) is 11.2. The summed E-state index contributed by atoms with van der Waals surface area (Å²) >= 11 is 4.82. The fraction of sp³-hybridized carbons (Fsp3) is 0.286. The van der Waals surface area contributed by atoms with Crippen LogP contribution in [0.1, 0.15) is 18.3 Å². The Bertz CT molecular complexity index is 1010. The van der Waals surface area contributed by atoms with Gasteiger partial charge in [-0.15, -0.1) is 10.2 Å². The van der Waals surface area contributed by atoms with Crippen molar-refractivity contribution in [3.05, 3.63) is 58.3 Å². The highest BCUT2D eigenvalue weighted by Gasteiger charge is 2.14. The van der Waals surface area contributed by atoms with Gasteiger partial charge in [-0.3, -0.25) is 4.79 Å². The molecule has 0 aliphatic heterocycles. The third kappa shape index (κ3) is 5.76. The van der Waals surface area contributed by atoms with Crippen molar-refractivity contribution in [2.75, 3.05) is 18.2 Å². The number of nitrogens with one attached hydrogen (secondary N) is 1. The summed E-state index contributed by atoms with van der Waals surface area (Å²) in [6, 6.07) is 13.2. The quantitative estimate of drug-likeness (QED) is 0.438. The van der Waals surface area contributed by atoms with Crippen LogP contribution in [0.3, 0.4) is 0 Å². The van der Waals surface area contributed by atoms with Gasteiger partial charge in [-0.25, -0.2) is 0 Å². The van der Waals surface area contributed by atoms with E-state index in [0.717, 1.165) is 27.2 Å². The molecule has 0 atom stereocenters. The van der Waals surface area contributed by atoms with Gasteiger partial charge in [-0.2, -0.15) is 0 Å². The highest BCUT2D eigenvalue weighted by atomic mass is 79.9. The van der Waals surface area contributed by atoms with E-state index in [1.807, 2.05) is 60.9 Å². The Balaban J connectivity index is 1.57. The lowest BCUT2D eigenvalue weighted by molar-refractivity contribution is -0.113. The Hall–Kier alpha value is -2.52. The molecule has 1 heterocycles. The van der Waals surface area contributed by atoms with Crippen LogP contribution in [0.5, 0.6) is 11.5 Å². The largest absolute Gasteiger partial charge is 0.497 e. The van der Waals surface area contributed by atoms with Gasteiger partial charge in [0.2, 0.25) is 5.91 Å². The second-order valence-corrected chi connectivity index (χ2v) is 8.22. The lowest BCUT2D eigenvalue weighted by Crippen LogP contribution is -2.15. The normalized spacial score (nSPS) is 10.7. The van der Waals surface area contributed by atoms with Gasteiger partial charge in [-0.05, 0) is 71.7 Å². The molecule has 0 aliphatic carbocycles. The highest BCUT2D eigenvalue weighted by molar-refractivity contribution is 9.10. The van der Waals surface area contributed by atoms with Crippen molar-refractivity contribution >= 4 is 39.3 Å². The van der Waals surface area contributed by atoms with Gasteiger partial charge in [0.25, 0.3) is 0 Å². The van der Waals surface area contributed by atoms with E-state index in [-0.39, 0.29) is 18.3 Å². The topological polar surface area (TPSA) is 78.3 Å². The molecule has 0 saturated heterocycles. The van der Waals surface area contributed by atoms with Crippen LogP contribution in [-0.2, 0) is 17.9 Å². The SMILES string of the molecule is CCn1c(COc2ccc(OC)cc2)nnc1SCC(=O)Nc1ccc(C)cc1Br. The summed E-state index contributed by atoms with van der Waals surface area (Å²) in [6.07, 6.45) is 0. The number of benzene rings is 2. The molecule has 3 aromatic rings.